The first-order chi connectivity index (χ1) is 11.8. The molecule has 0 bridgehead atoms. The predicted octanol–water partition coefficient (Wildman–Crippen LogP) is 4.30. The van der Waals surface area contributed by atoms with E-state index in [0.29, 0.717) is 18.0 Å². The van der Waals surface area contributed by atoms with Crippen molar-refractivity contribution in [1.29, 1.82) is 0 Å². The summed E-state index contributed by atoms with van der Waals surface area (Å²) < 4.78 is 9.29. The first-order valence-corrected chi connectivity index (χ1v) is 14.1. The van der Waals surface area contributed by atoms with Crippen LogP contribution in [0, 0.1) is 0 Å². The lowest BCUT2D eigenvalue weighted by Crippen LogP contribution is -2.31. The molecule has 25 heavy (non-hydrogen) atoms. The molecule has 3 rings (SSSR count). The van der Waals surface area contributed by atoms with Gasteiger partial charge in [0.25, 0.3) is 5.56 Å². The lowest BCUT2D eigenvalue weighted by molar-refractivity contribution is 0.0788. The van der Waals surface area contributed by atoms with Gasteiger partial charge in [0.2, 0.25) is 0 Å². The third-order valence-electron chi connectivity index (χ3n) is 4.67. The van der Waals surface area contributed by atoms with Crippen molar-refractivity contribution in [1.82, 2.24) is 14.5 Å². The van der Waals surface area contributed by atoms with Gasteiger partial charge in [-0.15, -0.1) is 11.3 Å². The van der Waals surface area contributed by atoms with Crippen molar-refractivity contribution in [2.24, 2.45) is 0 Å². The molecule has 5 nitrogen and oxygen atoms in total. The Morgan fingerprint density at radius 2 is 2.20 bits per heavy atom. The summed E-state index contributed by atoms with van der Waals surface area (Å²) in [6, 6.07) is 3.23. The quantitative estimate of drug-likeness (QED) is 0.493. The van der Waals surface area contributed by atoms with E-state index in [9.17, 15) is 4.79 Å². The average Bonchev–Trinajstić information content (AvgIpc) is 3.09. The molecule has 1 saturated heterocycles. The summed E-state index contributed by atoms with van der Waals surface area (Å²) in [4.78, 5) is 20.2. The Hall–Kier alpha value is -0.543. The van der Waals surface area contributed by atoms with Crippen LogP contribution in [0.2, 0.25) is 25.7 Å². The average molecular weight is 444 g/mol. The fourth-order valence-corrected chi connectivity index (χ4v) is 5.38. The van der Waals surface area contributed by atoms with Crippen LogP contribution >= 0.6 is 27.3 Å². The molecule has 0 amide bonds. The molecular formula is C17H26BrN3O2SSi. The Kier molecular flexibility index (Phi) is 5.84. The molecule has 138 valence electrons. The van der Waals surface area contributed by atoms with E-state index in [-0.39, 0.29) is 11.6 Å². The Labute approximate surface area is 162 Å². The van der Waals surface area contributed by atoms with Crippen LogP contribution in [0.4, 0.5) is 0 Å². The highest BCUT2D eigenvalue weighted by atomic mass is 79.9. The van der Waals surface area contributed by atoms with Crippen LogP contribution in [0.1, 0.15) is 24.7 Å². The number of nitrogens with zero attached hydrogens (tertiary/aromatic N) is 3. The van der Waals surface area contributed by atoms with Crippen molar-refractivity contribution < 1.29 is 4.74 Å². The standard InChI is InChI=1S/C17H26BrN3O2SSi/c1-20-7-5-6-13(20)16-19-12-10-14(18)24-15(12)17(22)21(16)11-23-8-9-25(2,3)4/h10,13H,5-9,11H2,1-4H3/t13-/m0/s1. The topological polar surface area (TPSA) is 47.4 Å². The minimum Gasteiger partial charge on any atom is -0.361 e. The van der Waals surface area contributed by atoms with Gasteiger partial charge < -0.3 is 4.74 Å². The maximum atomic E-state index is 13.0. The summed E-state index contributed by atoms with van der Waals surface area (Å²) in [7, 11) is 0.965. The molecule has 0 unspecified atom stereocenters. The Bertz CT molecular complexity index is 815. The second-order valence-electron chi connectivity index (χ2n) is 7.95. The number of hydrogen-bond acceptors (Lipinski definition) is 5. The van der Waals surface area contributed by atoms with Gasteiger partial charge in [0.1, 0.15) is 17.3 Å². The zero-order valence-electron chi connectivity index (χ0n) is 15.3. The van der Waals surface area contributed by atoms with Crippen LogP contribution in [0.3, 0.4) is 0 Å². The van der Waals surface area contributed by atoms with Gasteiger partial charge in [0, 0.05) is 14.7 Å². The van der Waals surface area contributed by atoms with Gasteiger partial charge in [0.05, 0.1) is 15.3 Å². The number of hydrogen-bond donors (Lipinski definition) is 0. The molecule has 0 N–H and O–H groups in total. The van der Waals surface area contributed by atoms with Crippen LogP contribution in [-0.2, 0) is 11.5 Å². The van der Waals surface area contributed by atoms with E-state index >= 15 is 0 Å². The van der Waals surface area contributed by atoms with Crippen molar-refractivity contribution >= 4 is 45.6 Å². The van der Waals surface area contributed by atoms with Crippen molar-refractivity contribution in [2.75, 3.05) is 20.2 Å². The Morgan fingerprint density at radius 3 is 2.84 bits per heavy atom. The zero-order chi connectivity index (χ0) is 18.2. The first kappa shape index (κ1) is 19.2. The highest BCUT2D eigenvalue weighted by Gasteiger charge is 2.28. The van der Waals surface area contributed by atoms with Gasteiger partial charge in [-0.25, -0.2) is 4.98 Å². The van der Waals surface area contributed by atoms with E-state index in [1.165, 1.54) is 11.3 Å². The van der Waals surface area contributed by atoms with E-state index in [2.05, 4.69) is 47.5 Å². The zero-order valence-corrected chi connectivity index (χ0v) is 18.7. The number of likely N-dealkylation sites (tertiary alicyclic amines) is 1. The monoisotopic (exact) mass is 443 g/mol. The Balaban J connectivity index is 1.93. The minimum atomic E-state index is -1.14. The SMILES string of the molecule is CN1CCC[C@H]1c1nc2cc(Br)sc2c(=O)n1COCC[Si](C)(C)C. The molecular weight excluding hydrogens is 418 g/mol. The predicted molar refractivity (Wildman–Crippen MR) is 110 cm³/mol. The lowest BCUT2D eigenvalue weighted by atomic mass is 10.2. The highest BCUT2D eigenvalue weighted by Crippen LogP contribution is 2.32. The van der Waals surface area contributed by atoms with Crippen LogP contribution in [0.25, 0.3) is 10.2 Å². The molecule has 1 fully saturated rings. The van der Waals surface area contributed by atoms with Crippen molar-refractivity contribution in [3.63, 3.8) is 0 Å². The second-order valence-corrected chi connectivity index (χ2v) is 16.0. The Morgan fingerprint density at radius 1 is 1.44 bits per heavy atom. The van der Waals surface area contributed by atoms with Gasteiger partial charge >= 0.3 is 0 Å². The van der Waals surface area contributed by atoms with E-state index in [0.717, 1.165) is 40.6 Å². The molecule has 3 heterocycles. The van der Waals surface area contributed by atoms with Crippen molar-refractivity contribution in [2.45, 2.75) is 51.3 Å². The van der Waals surface area contributed by atoms with Gasteiger partial charge in [-0.2, -0.15) is 0 Å². The maximum Gasteiger partial charge on any atom is 0.273 e. The molecule has 1 atom stereocenters. The number of fused-ring (bicyclic) bond motifs is 1. The van der Waals surface area contributed by atoms with Crippen LogP contribution in [0.15, 0.2) is 14.6 Å². The van der Waals surface area contributed by atoms with Crippen LogP contribution < -0.4 is 5.56 Å². The van der Waals surface area contributed by atoms with Gasteiger partial charge in [-0.05, 0) is 54.5 Å². The van der Waals surface area contributed by atoms with E-state index in [1.54, 1.807) is 4.57 Å². The molecule has 0 aromatic carbocycles. The number of thiophene rings is 1. The molecule has 1 aliphatic rings. The number of ether oxygens (including phenoxy) is 1. The summed E-state index contributed by atoms with van der Waals surface area (Å²) >= 11 is 4.93. The number of rotatable bonds is 6. The van der Waals surface area contributed by atoms with Crippen molar-refractivity contribution in [3.05, 3.63) is 26.0 Å². The normalized spacial score (nSPS) is 19.2. The minimum absolute atomic E-state index is 0.0176. The van der Waals surface area contributed by atoms with Crippen LogP contribution in [-0.4, -0.2) is 42.7 Å². The molecule has 0 radical (unpaired) electrons. The fourth-order valence-electron chi connectivity index (χ4n) is 3.15. The molecule has 2 aromatic heterocycles. The van der Waals surface area contributed by atoms with Gasteiger partial charge in [-0.3, -0.25) is 14.3 Å². The summed E-state index contributed by atoms with van der Waals surface area (Å²) in [5, 5.41) is 0. The van der Waals surface area contributed by atoms with Gasteiger partial charge in [-0.1, -0.05) is 19.6 Å². The first-order valence-electron chi connectivity index (χ1n) is 8.74. The third-order valence-corrected chi connectivity index (χ3v) is 7.99. The second kappa shape index (κ2) is 7.60. The van der Waals surface area contributed by atoms with E-state index < -0.39 is 8.07 Å². The molecule has 0 saturated carbocycles. The lowest BCUT2D eigenvalue weighted by Gasteiger charge is -2.23. The van der Waals surface area contributed by atoms with E-state index in [4.69, 9.17) is 9.72 Å². The molecule has 8 heteroatoms. The molecule has 0 spiro atoms. The summed E-state index contributed by atoms with van der Waals surface area (Å²) in [5.74, 6) is 0.843. The highest BCUT2D eigenvalue weighted by molar-refractivity contribution is 9.11. The number of halogens is 1. The summed E-state index contributed by atoms with van der Waals surface area (Å²) in [5.41, 5.74) is 0.805. The molecule has 0 aliphatic carbocycles. The maximum absolute atomic E-state index is 13.0. The fraction of sp³-hybridized carbons (Fsp3) is 0.647. The summed E-state index contributed by atoms with van der Waals surface area (Å²) in [6.45, 7) is 9.03. The van der Waals surface area contributed by atoms with Crippen LogP contribution in [0.5, 0.6) is 0 Å². The molecule has 2 aromatic rings. The summed E-state index contributed by atoms with van der Waals surface area (Å²) in [6.07, 6.45) is 2.17. The van der Waals surface area contributed by atoms with Crippen molar-refractivity contribution in [3.8, 4) is 0 Å². The largest absolute Gasteiger partial charge is 0.361 e. The third kappa shape index (κ3) is 4.42. The van der Waals surface area contributed by atoms with E-state index in [1.807, 2.05) is 6.07 Å². The smallest absolute Gasteiger partial charge is 0.273 e. The van der Waals surface area contributed by atoms with Gasteiger partial charge in [0.15, 0.2) is 0 Å². The number of aromatic nitrogens is 2. The molecule has 1 aliphatic heterocycles.